The monoisotopic (exact) mass is 312 g/mol. The molecule has 0 aromatic carbocycles. The molecule has 1 unspecified atom stereocenters. The Kier molecular flexibility index (Phi) is 15.4. The molecule has 0 saturated heterocycles. The number of aliphatic hydroxyl groups is 1. The summed E-state index contributed by atoms with van der Waals surface area (Å²) >= 11 is 0. The van der Waals surface area contributed by atoms with Crippen LogP contribution in [0.2, 0.25) is 0 Å². The van der Waals surface area contributed by atoms with Gasteiger partial charge in [0.2, 0.25) is 5.60 Å². The molecule has 0 spiro atoms. The number of unbranched alkanes of at least 4 members (excludes halogenated alkanes) is 8. The van der Waals surface area contributed by atoms with Gasteiger partial charge in [0.1, 0.15) is 0 Å². The van der Waals surface area contributed by atoms with Gasteiger partial charge in [0.05, 0.1) is 0 Å². The molecule has 0 heterocycles. The Morgan fingerprint density at radius 3 is 1.75 bits per heavy atom. The van der Waals surface area contributed by atoms with Gasteiger partial charge in [-0.1, -0.05) is 58.3 Å². The Hall–Kier alpha value is 0.736. The Bertz CT molecular complexity index is 283. The number of hydrogen-bond acceptors (Lipinski definition) is 3. The van der Waals surface area contributed by atoms with Gasteiger partial charge in [-0.2, -0.15) is 0 Å². The van der Waals surface area contributed by atoms with Crippen LogP contribution in [0.5, 0.6) is 0 Å². The second kappa shape index (κ2) is 13.4. The van der Waals surface area contributed by atoms with Crippen molar-refractivity contribution < 1.29 is 72.6 Å². The number of hydrogen-bond donors (Lipinski definition) is 2. The summed E-state index contributed by atoms with van der Waals surface area (Å²) in [6, 6.07) is 0. The van der Waals surface area contributed by atoms with E-state index in [1.165, 1.54) is 38.5 Å². The molecule has 0 amide bonds. The molecule has 0 fully saturated rings. The number of carbonyl (C=O) groups excluding carboxylic acids is 1. The van der Waals surface area contributed by atoms with E-state index >= 15 is 0 Å². The van der Waals surface area contributed by atoms with E-state index in [1.807, 2.05) is 0 Å². The molecule has 0 radical (unpaired) electrons. The summed E-state index contributed by atoms with van der Waals surface area (Å²) in [7, 11) is 0. The number of aliphatic carboxylic acids is 1. The van der Waals surface area contributed by atoms with Crippen LogP contribution in [-0.4, -0.2) is 27.6 Å². The fourth-order valence-electron chi connectivity index (χ4n) is 1.96. The molecule has 0 aliphatic rings. The fraction of sp³-hybridized carbons (Fsp3) is 0.867. The number of carboxylic acid groups (broad SMARTS) is 1. The zero-order valence-electron chi connectivity index (χ0n) is 14.3. The molecule has 20 heavy (non-hydrogen) atoms. The second-order valence-corrected chi connectivity index (χ2v) is 5.38. The third-order valence-corrected chi connectivity index (χ3v) is 3.47. The Balaban J connectivity index is -0.00000162. The first-order chi connectivity index (χ1) is 8.92. The predicted molar refractivity (Wildman–Crippen MR) is 76.2 cm³/mol. The summed E-state index contributed by atoms with van der Waals surface area (Å²) in [4.78, 5) is 22.1. The smallest absolute Gasteiger partial charge is 1.00 e. The van der Waals surface area contributed by atoms with Gasteiger partial charge < -0.3 is 11.6 Å². The van der Waals surface area contributed by atoms with Crippen molar-refractivity contribution in [3.63, 3.8) is 0 Å². The van der Waals surface area contributed by atoms with Crippen molar-refractivity contribution in [2.45, 2.75) is 83.7 Å². The molecule has 5 heteroatoms. The van der Waals surface area contributed by atoms with E-state index in [1.54, 1.807) is 0 Å². The maximum Gasteiger partial charge on any atom is 1.00 e. The van der Waals surface area contributed by atoms with Crippen molar-refractivity contribution in [2.24, 2.45) is 0 Å². The first kappa shape index (κ1) is 23.0. The Morgan fingerprint density at radius 2 is 1.35 bits per heavy atom. The van der Waals surface area contributed by atoms with Crippen molar-refractivity contribution in [2.75, 3.05) is 0 Å². The predicted octanol–water partition coefficient (Wildman–Crippen LogP) is 0.429. The van der Waals surface area contributed by atoms with Crippen molar-refractivity contribution in [3.8, 4) is 0 Å². The zero-order valence-corrected chi connectivity index (χ0v) is 16.4. The number of carbonyl (C=O) groups is 2. The van der Waals surface area contributed by atoms with Crippen LogP contribution >= 0.6 is 0 Å². The van der Waals surface area contributed by atoms with E-state index in [0.29, 0.717) is 6.42 Å². The van der Waals surface area contributed by atoms with Crippen LogP contribution in [0.15, 0.2) is 0 Å². The largest absolute Gasteiger partial charge is 1.00 e. The average molecular weight is 312 g/mol. The molecule has 114 valence electrons. The third-order valence-electron chi connectivity index (χ3n) is 3.47. The molecule has 4 nitrogen and oxygen atoms in total. The third kappa shape index (κ3) is 10.5. The van der Waals surface area contributed by atoms with Crippen molar-refractivity contribution in [1.82, 2.24) is 0 Å². The van der Waals surface area contributed by atoms with Gasteiger partial charge in [0.15, 0.2) is 5.78 Å². The Labute approximate surface area is 166 Å². The molecule has 0 aliphatic heterocycles. The van der Waals surface area contributed by atoms with E-state index in [9.17, 15) is 14.7 Å². The van der Waals surface area contributed by atoms with Crippen molar-refractivity contribution in [3.05, 3.63) is 0 Å². The summed E-state index contributed by atoms with van der Waals surface area (Å²) in [5.74, 6) is -2.06. The first-order valence-corrected chi connectivity index (χ1v) is 7.42. The quantitative estimate of drug-likeness (QED) is 0.311. The maximum absolute atomic E-state index is 11.5. The van der Waals surface area contributed by atoms with Crippen LogP contribution in [0, 0.1) is 0 Å². The van der Waals surface area contributed by atoms with Gasteiger partial charge in [-0.25, -0.2) is 4.79 Å². The molecular formula is C15H29KO4. The number of carboxylic acids is 1. The topological polar surface area (TPSA) is 74.6 Å². The van der Waals surface area contributed by atoms with Crippen molar-refractivity contribution in [1.29, 1.82) is 0 Å². The maximum atomic E-state index is 11.5. The SMILES string of the molecule is CCCCCCCCCCCC(=O)C(C)(O)C(=O)O.[H-].[K+]. The van der Waals surface area contributed by atoms with Gasteiger partial charge in [-0.05, 0) is 13.3 Å². The normalized spacial score (nSPS) is 13.3. The minimum absolute atomic E-state index is 0. The summed E-state index contributed by atoms with van der Waals surface area (Å²) < 4.78 is 0. The number of Topliss-reactive ketones (excluding diaryl/α,β-unsaturated/α-hetero) is 1. The molecule has 1 atom stereocenters. The molecule has 0 rings (SSSR count). The van der Waals surface area contributed by atoms with E-state index < -0.39 is 17.4 Å². The van der Waals surface area contributed by atoms with E-state index in [-0.39, 0.29) is 59.2 Å². The molecular weight excluding hydrogens is 283 g/mol. The summed E-state index contributed by atoms with van der Waals surface area (Å²) in [6.45, 7) is 3.24. The van der Waals surface area contributed by atoms with Crippen LogP contribution < -0.4 is 51.4 Å². The standard InChI is InChI=1S/C15H28O4.K.H/c1-3-4-5-6-7-8-9-10-11-12-13(16)15(2,19)14(17)18;;/h19H,3-12H2,1-2H3,(H,17,18);;/q;+1;-1. The molecule has 0 aromatic heterocycles. The molecule has 0 aliphatic carbocycles. The van der Waals surface area contributed by atoms with Crippen LogP contribution in [0.4, 0.5) is 0 Å². The van der Waals surface area contributed by atoms with Gasteiger partial charge >= 0.3 is 57.4 Å². The molecule has 0 saturated carbocycles. The van der Waals surface area contributed by atoms with Gasteiger partial charge in [-0.3, -0.25) is 4.79 Å². The minimum Gasteiger partial charge on any atom is -1.00 e. The average Bonchev–Trinajstić information content (AvgIpc) is 2.36. The second-order valence-electron chi connectivity index (χ2n) is 5.38. The molecule has 0 bridgehead atoms. The zero-order chi connectivity index (χ0) is 14.7. The van der Waals surface area contributed by atoms with Crippen LogP contribution in [0.25, 0.3) is 0 Å². The van der Waals surface area contributed by atoms with E-state index in [0.717, 1.165) is 19.8 Å². The van der Waals surface area contributed by atoms with Crippen LogP contribution in [0.3, 0.4) is 0 Å². The van der Waals surface area contributed by atoms with Crippen LogP contribution in [0.1, 0.15) is 79.5 Å². The summed E-state index contributed by atoms with van der Waals surface area (Å²) in [5.41, 5.74) is -2.22. The fourth-order valence-corrected chi connectivity index (χ4v) is 1.96. The Morgan fingerprint density at radius 1 is 0.950 bits per heavy atom. The molecule has 2 N–H and O–H groups in total. The molecule has 0 aromatic rings. The van der Waals surface area contributed by atoms with Gasteiger partial charge in [0.25, 0.3) is 0 Å². The van der Waals surface area contributed by atoms with Gasteiger partial charge in [-0.15, -0.1) is 0 Å². The summed E-state index contributed by atoms with van der Waals surface area (Å²) in [5, 5.41) is 18.1. The first-order valence-electron chi connectivity index (χ1n) is 7.42. The van der Waals surface area contributed by atoms with E-state index in [2.05, 4.69) is 6.92 Å². The van der Waals surface area contributed by atoms with E-state index in [4.69, 9.17) is 5.11 Å². The van der Waals surface area contributed by atoms with Crippen molar-refractivity contribution >= 4 is 11.8 Å². The van der Waals surface area contributed by atoms with Gasteiger partial charge in [0, 0.05) is 6.42 Å². The van der Waals surface area contributed by atoms with Crippen LogP contribution in [-0.2, 0) is 9.59 Å². The number of ketones is 1. The number of rotatable bonds is 12. The minimum atomic E-state index is -2.22. The summed E-state index contributed by atoms with van der Waals surface area (Å²) in [6.07, 6.45) is 10.4.